The number of aryl methyl sites for hydroxylation is 1. The van der Waals surface area contributed by atoms with Crippen LogP contribution in [0.5, 0.6) is 11.5 Å². The molecule has 0 aromatic heterocycles. The van der Waals surface area contributed by atoms with E-state index >= 15 is 0 Å². The third-order valence-corrected chi connectivity index (χ3v) is 5.88. The number of hydrazone groups is 1. The Morgan fingerprint density at radius 1 is 0.933 bits per heavy atom. The number of benzene rings is 3. The number of fused-ring (bicyclic) bond motifs is 3. The lowest BCUT2D eigenvalue weighted by Gasteiger charge is -2.38. The molecule has 30 heavy (non-hydrogen) atoms. The summed E-state index contributed by atoms with van der Waals surface area (Å²) in [6.45, 7) is 4.79. The number of para-hydroxylation sites is 2. The SMILES string of the molecule is CCOc1ccccc1[C@H]1Oc2ccccc2[C@H]2CC(c3ccc(CC)cc3)=NN21. The van der Waals surface area contributed by atoms with E-state index < -0.39 is 0 Å². The Bertz CT molecular complexity index is 1070. The summed E-state index contributed by atoms with van der Waals surface area (Å²) in [4.78, 5) is 0. The summed E-state index contributed by atoms with van der Waals surface area (Å²) in [5.74, 6) is 1.77. The van der Waals surface area contributed by atoms with Crippen LogP contribution in [0.4, 0.5) is 0 Å². The van der Waals surface area contributed by atoms with Gasteiger partial charge in [-0.25, -0.2) is 5.01 Å². The molecule has 0 amide bonds. The van der Waals surface area contributed by atoms with Crippen LogP contribution in [0.25, 0.3) is 0 Å². The summed E-state index contributed by atoms with van der Waals surface area (Å²) in [5, 5.41) is 7.18. The van der Waals surface area contributed by atoms with Gasteiger partial charge in [0.1, 0.15) is 11.5 Å². The van der Waals surface area contributed by atoms with Crippen molar-refractivity contribution in [1.82, 2.24) is 5.01 Å². The molecule has 0 bridgehead atoms. The summed E-state index contributed by atoms with van der Waals surface area (Å²) >= 11 is 0. The quantitative estimate of drug-likeness (QED) is 0.537. The molecule has 2 aliphatic rings. The van der Waals surface area contributed by atoms with Crippen molar-refractivity contribution >= 4 is 5.71 Å². The van der Waals surface area contributed by atoms with Gasteiger partial charge in [0.2, 0.25) is 6.23 Å². The van der Waals surface area contributed by atoms with E-state index in [1.165, 1.54) is 16.7 Å². The molecule has 0 spiro atoms. The first kappa shape index (κ1) is 18.7. The minimum Gasteiger partial charge on any atom is -0.493 e. The van der Waals surface area contributed by atoms with Gasteiger partial charge in [0, 0.05) is 12.0 Å². The lowest BCUT2D eigenvalue weighted by atomic mass is 9.95. The Morgan fingerprint density at radius 3 is 2.43 bits per heavy atom. The highest BCUT2D eigenvalue weighted by Gasteiger charge is 2.41. The minimum atomic E-state index is -0.319. The molecule has 152 valence electrons. The van der Waals surface area contributed by atoms with Gasteiger partial charge in [-0.2, -0.15) is 5.10 Å². The monoisotopic (exact) mass is 398 g/mol. The van der Waals surface area contributed by atoms with Gasteiger partial charge in [-0.3, -0.25) is 0 Å². The van der Waals surface area contributed by atoms with Crippen molar-refractivity contribution < 1.29 is 9.47 Å². The first-order valence-electron chi connectivity index (χ1n) is 10.7. The first-order valence-corrected chi connectivity index (χ1v) is 10.7. The Kier molecular flexibility index (Phi) is 4.91. The van der Waals surface area contributed by atoms with E-state index in [9.17, 15) is 0 Å². The Morgan fingerprint density at radius 2 is 1.67 bits per heavy atom. The zero-order valence-electron chi connectivity index (χ0n) is 17.4. The van der Waals surface area contributed by atoms with Crippen molar-refractivity contribution in [3.8, 4) is 11.5 Å². The van der Waals surface area contributed by atoms with E-state index in [4.69, 9.17) is 14.6 Å². The molecule has 3 aromatic rings. The topological polar surface area (TPSA) is 34.1 Å². The molecule has 2 atom stereocenters. The normalized spacial score (nSPS) is 19.5. The highest BCUT2D eigenvalue weighted by atomic mass is 16.5. The van der Waals surface area contributed by atoms with Crippen molar-refractivity contribution in [2.75, 3.05) is 6.61 Å². The maximum Gasteiger partial charge on any atom is 0.217 e. The van der Waals surface area contributed by atoms with Crippen molar-refractivity contribution in [3.63, 3.8) is 0 Å². The van der Waals surface area contributed by atoms with E-state index in [1.807, 2.05) is 31.2 Å². The number of hydrogen-bond donors (Lipinski definition) is 0. The molecule has 4 nitrogen and oxygen atoms in total. The standard InChI is InChI=1S/C26H26N2O2/c1-3-18-13-15-19(16-14-18)22-17-23-20-9-5-8-12-25(20)30-26(28(23)27-22)21-10-6-7-11-24(21)29-4-2/h5-16,23,26H,3-4,17H2,1-2H3/t23-,26-/m1/s1. The number of nitrogens with zero attached hydrogens (tertiary/aromatic N) is 2. The average Bonchev–Trinajstić information content (AvgIpc) is 3.25. The van der Waals surface area contributed by atoms with Crippen LogP contribution in [-0.4, -0.2) is 17.3 Å². The fraction of sp³-hybridized carbons (Fsp3) is 0.269. The van der Waals surface area contributed by atoms with Crippen molar-refractivity contribution in [2.24, 2.45) is 5.10 Å². The van der Waals surface area contributed by atoms with Gasteiger partial charge in [0.25, 0.3) is 0 Å². The molecule has 3 aromatic carbocycles. The third-order valence-electron chi connectivity index (χ3n) is 5.88. The average molecular weight is 399 g/mol. The van der Waals surface area contributed by atoms with Gasteiger partial charge in [-0.15, -0.1) is 0 Å². The molecule has 0 radical (unpaired) electrons. The minimum absolute atomic E-state index is 0.149. The lowest BCUT2D eigenvalue weighted by molar-refractivity contribution is -0.0205. The summed E-state index contributed by atoms with van der Waals surface area (Å²) in [6.07, 6.45) is 1.58. The molecule has 0 fully saturated rings. The summed E-state index contributed by atoms with van der Waals surface area (Å²) in [7, 11) is 0. The molecule has 0 saturated carbocycles. The fourth-order valence-corrected chi connectivity index (χ4v) is 4.32. The zero-order chi connectivity index (χ0) is 20.5. The largest absolute Gasteiger partial charge is 0.493 e. The van der Waals surface area contributed by atoms with E-state index in [-0.39, 0.29) is 12.3 Å². The van der Waals surface area contributed by atoms with Gasteiger partial charge in [-0.1, -0.05) is 61.5 Å². The smallest absolute Gasteiger partial charge is 0.217 e. The van der Waals surface area contributed by atoms with Crippen LogP contribution in [0.3, 0.4) is 0 Å². The van der Waals surface area contributed by atoms with E-state index in [0.717, 1.165) is 35.6 Å². The summed E-state index contributed by atoms with van der Waals surface area (Å²) in [5.41, 5.74) is 5.81. The van der Waals surface area contributed by atoms with E-state index in [2.05, 4.69) is 60.5 Å². The Labute approximate surface area is 177 Å². The van der Waals surface area contributed by atoms with E-state index in [1.54, 1.807) is 0 Å². The van der Waals surface area contributed by atoms with Crippen LogP contribution in [0, 0.1) is 0 Å². The van der Waals surface area contributed by atoms with Crippen LogP contribution >= 0.6 is 0 Å². The van der Waals surface area contributed by atoms with Crippen LogP contribution < -0.4 is 9.47 Å². The van der Waals surface area contributed by atoms with Crippen molar-refractivity contribution in [1.29, 1.82) is 0 Å². The summed E-state index contributed by atoms with van der Waals surface area (Å²) < 4.78 is 12.4. The van der Waals surface area contributed by atoms with Crippen LogP contribution in [-0.2, 0) is 6.42 Å². The Balaban J connectivity index is 1.57. The molecular formula is C26H26N2O2. The molecule has 2 heterocycles. The number of hydrogen-bond acceptors (Lipinski definition) is 4. The molecule has 0 N–H and O–H groups in total. The predicted octanol–water partition coefficient (Wildman–Crippen LogP) is 5.89. The number of ether oxygens (including phenoxy) is 2. The molecule has 0 unspecified atom stereocenters. The van der Waals surface area contributed by atoms with Crippen LogP contribution in [0.2, 0.25) is 0 Å². The van der Waals surface area contributed by atoms with Gasteiger partial charge < -0.3 is 9.47 Å². The van der Waals surface area contributed by atoms with Gasteiger partial charge >= 0.3 is 0 Å². The maximum absolute atomic E-state index is 6.48. The maximum atomic E-state index is 6.48. The Hall–Kier alpha value is -3.27. The van der Waals surface area contributed by atoms with Crippen LogP contribution in [0.15, 0.2) is 77.9 Å². The van der Waals surface area contributed by atoms with Crippen molar-refractivity contribution in [2.45, 2.75) is 39.0 Å². The fourth-order valence-electron chi connectivity index (χ4n) is 4.32. The second-order valence-corrected chi connectivity index (χ2v) is 7.68. The van der Waals surface area contributed by atoms with Gasteiger partial charge in [0.15, 0.2) is 0 Å². The second kappa shape index (κ2) is 7.86. The molecule has 0 aliphatic carbocycles. The predicted molar refractivity (Wildman–Crippen MR) is 119 cm³/mol. The molecule has 4 heteroatoms. The second-order valence-electron chi connectivity index (χ2n) is 7.68. The summed E-state index contributed by atoms with van der Waals surface area (Å²) in [6, 6.07) is 25.3. The zero-order valence-corrected chi connectivity index (χ0v) is 17.4. The van der Waals surface area contributed by atoms with Gasteiger partial charge in [0.05, 0.1) is 23.9 Å². The molecular weight excluding hydrogens is 372 g/mol. The highest BCUT2D eigenvalue weighted by Crippen LogP contribution is 2.48. The molecule has 0 saturated heterocycles. The van der Waals surface area contributed by atoms with Crippen LogP contribution in [0.1, 0.15) is 54.8 Å². The molecule has 5 rings (SSSR count). The van der Waals surface area contributed by atoms with Crippen molar-refractivity contribution in [3.05, 3.63) is 95.1 Å². The lowest BCUT2D eigenvalue weighted by Crippen LogP contribution is -2.34. The third kappa shape index (κ3) is 3.22. The van der Waals surface area contributed by atoms with E-state index in [0.29, 0.717) is 6.61 Å². The van der Waals surface area contributed by atoms with Gasteiger partial charge in [-0.05, 0) is 42.7 Å². The first-order chi connectivity index (χ1) is 14.8. The molecule has 2 aliphatic heterocycles. The highest BCUT2D eigenvalue weighted by molar-refractivity contribution is 6.02. The number of rotatable bonds is 5.